The lowest BCUT2D eigenvalue weighted by Crippen LogP contribution is -1.94. The van der Waals surface area contributed by atoms with Crippen LogP contribution in [-0.4, -0.2) is 16.0 Å². The number of aromatic nitrogens is 2. The van der Waals surface area contributed by atoms with E-state index in [4.69, 9.17) is 9.72 Å². The molecule has 134 valence electrons. The van der Waals surface area contributed by atoms with Crippen LogP contribution in [0.2, 0.25) is 0 Å². The summed E-state index contributed by atoms with van der Waals surface area (Å²) in [6.45, 7) is 4.61. The lowest BCUT2D eigenvalue weighted by atomic mass is 10.1. The number of rotatable bonds is 5. The van der Waals surface area contributed by atoms with Crippen molar-refractivity contribution in [1.29, 1.82) is 0 Å². The van der Waals surface area contributed by atoms with Gasteiger partial charge in [0.2, 0.25) is 0 Å². The predicted octanol–water partition coefficient (Wildman–Crippen LogP) is 6.12. The Morgan fingerprint density at radius 1 is 0.926 bits per heavy atom. The van der Waals surface area contributed by atoms with Crippen molar-refractivity contribution in [2.45, 2.75) is 13.8 Å². The number of azo groups is 1. The second-order valence-electron chi connectivity index (χ2n) is 6.18. The highest BCUT2D eigenvalue weighted by atomic mass is 16.5. The second-order valence-corrected chi connectivity index (χ2v) is 6.18. The molecule has 0 spiro atoms. The molecule has 5 nitrogen and oxygen atoms in total. The Labute approximate surface area is 158 Å². The number of benzene rings is 2. The number of pyridine rings is 1. The number of para-hydroxylation sites is 1. The maximum absolute atomic E-state index is 5.80. The first-order chi connectivity index (χ1) is 13.3. The molecular weight excluding hydrogens is 336 g/mol. The van der Waals surface area contributed by atoms with Gasteiger partial charge in [0.25, 0.3) is 0 Å². The first-order valence-electron chi connectivity index (χ1n) is 8.94. The Balaban J connectivity index is 1.86. The highest BCUT2D eigenvalue weighted by molar-refractivity contribution is 5.78. The first kappa shape index (κ1) is 17.0. The Kier molecular flexibility index (Phi) is 4.66. The van der Waals surface area contributed by atoms with Crippen LogP contribution < -0.4 is 4.74 Å². The van der Waals surface area contributed by atoms with E-state index in [-0.39, 0.29) is 0 Å². The fraction of sp³-hybridized carbons (Fsp3) is 0.136. The number of aryl methyl sites for hydroxylation is 1. The van der Waals surface area contributed by atoms with E-state index in [1.165, 1.54) is 5.56 Å². The van der Waals surface area contributed by atoms with Crippen LogP contribution in [-0.2, 0) is 0 Å². The molecule has 0 aliphatic rings. The fourth-order valence-electron chi connectivity index (χ4n) is 2.92. The van der Waals surface area contributed by atoms with Gasteiger partial charge in [-0.3, -0.25) is 4.40 Å². The number of imidazole rings is 1. The molecule has 5 heteroatoms. The molecule has 0 N–H and O–H groups in total. The Bertz CT molecular complexity index is 1100. The average molecular weight is 356 g/mol. The van der Waals surface area contributed by atoms with Gasteiger partial charge in [0.1, 0.15) is 17.1 Å². The summed E-state index contributed by atoms with van der Waals surface area (Å²) in [5.41, 5.74) is 4.46. The topological polar surface area (TPSA) is 51.2 Å². The largest absolute Gasteiger partial charge is 0.493 e. The second kappa shape index (κ2) is 7.41. The zero-order valence-corrected chi connectivity index (χ0v) is 15.3. The highest BCUT2D eigenvalue weighted by Gasteiger charge is 2.17. The van der Waals surface area contributed by atoms with Gasteiger partial charge in [-0.25, -0.2) is 4.98 Å². The summed E-state index contributed by atoms with van der Waals surface area (Å²) in [6, 6.07) is 21.7. The lowest BCUT2D eigenvalue weighted by molar-refractivity contribution is 0.341. The van der Waals surface area contributed by atoms with Crippen molar-refractivity contribution in [3.05, 3.63) is 78.5 Å². The molecule has 0 bridgehead atoms. The van der Waals surface area contributed by atoms with Crippen LogP contribution in [0.3, 0.4) is 0 Å². The predicted molar refractivity (Wildman–Crippen MR) is 107 cm³/mol. The van der Waals surface area contributed by atoms with Crippen molar-refractivity contribution in [2.75, 3.05) is 6.61 Å². The van der Waals surface area contributed by atoms with E-state index in [1.54, 1.807) is 0 Å². The van der Waals surface area contributed by atoms with E-state index in [1.807, 2.05) is 91.2 Å². The highest BCUT2D eigenvalue weighted by Crippen LogP contribution is 2.37. The maximum atomic E-state index is 5.80. The van der Waals surface area contributed by atoms with Crippen LogP contribution in [0.25, 0.3) is 16.9 Å². The molecule has 0 atom stereocenters. The number of hydrogen-bond acceptors (Lipinski definition) is 4. The van der Waals surface area contributed by atoms with Crippen molar-refractivity contribution < 1.29 is 4.74 Å². The number of hydrogen-bond donors (Lipinski definition) is 0. The number of fused-ring (bicyclic) bond motifs is 1. The van der Waals surface area contributed by atoms with E-state index >= 15 is 0 Å². The van der Waals surface area contributed by atoms with Crippen molar-refractivity contribution in [2.24, 2.45) is 10.2 Å². The molecule has 4 rings (SSSR count). The summed E-state index contributed by atoms with van der Waals surface area (Å²) in [5.74, 6) is 1.47. The van der Waals surface area contributed by atoms with Gasteiger partial charge in [-0.05, 0) is 50.2 Å². The third-order valence-corrected chi connectivity index (χ3v) is 4.24. The smallest absolute Gasteiger partial charge is 0.187 e. The Hall–Kier alpha value is -3.47. The minimum atomic E-state index is 0.588. The Morgan fingerprint density at radius 3 is 2.52 bits per heavy atom. The minimum absolute atomic E-state index is 0.588. The van der Waals surface area contributed by atoms with Crippen LogP contribution in [0.1, 0.15) is 12.5 Å². The molecule has 0 saturated carbocycles. The van der Waals surface area contributed by atoms with Gasteiger partial charge in [-0.2, -0.15) is 0 Å². The van der Waals surface area contributed by atoms with E-state index < -0.39 is 0 Å². The van der Waals surface area contributed by atoms with Gasteiger partial charge in [-0.15, -0.1) is 10.2 Å². The fourth-order valence-corrected chi connectivity index (χ4v) is 2.92. The number of ether oxygens (including phenoxy) is 1. The van der Waals surface area contributed by atoms with Gasteiger partial charge >= 0.3 is 0 Å². The minimum Gasteiger partial charge on any atom is -0.493 e. The Morgan fingerprint density at radius 2 is 1.70 bits per heavy atom. The van der Waals surface area contributed by atoms with E-state index in [2.05, 4.69) is 10.2 Å². The molecule has 0 saturated heterocycles. The van der Waals surface area contributed by atoms with Crippen molar-refractivity contribution in [1.82, 2.24) is 9.38 Å². The summed E-state index contributed by atoms with van der Waals surface area (Å²) in [4.78, 5) is 4.78. The van der Waals surface area contributed by atoms with Crippen LogP contribution in [0, 0.1) is 6.92 Å². The van der Waals surface area contributed by atoms with Gasteiger partial charge in [0, 0.05) is 11.8 Å². The van der Waals surface area contributed by atoms with Gasteiger partial charge in [0.15, 0.2) is 5.82 Å². The van der Waals surface area contributed by atoms with Crippen LogP contribution in [0.5, 0.6) is 5.75 Å². The van der Waals surface area contributed by atoms with Crippen LogP contribution >= 0.6 is 0 Å². The van der Waals surface area contributed by atoms with Crippen molar-refractivity contribution in [3.63, 3.8) is 0 Å². The summed E-state index contributed by atoms with van der Waals surface area (Å²) >= 11 is 0. The molecule has 0 aliphatic carbocycles. The molecule has 2 aromatic carbocycles. The summed E-state index contributed by atoms with van der Waals surface area (Å²) in [5, 5.41) is 8.97. The molecule has 0 amide bonds. The third-order valence-electron chi connectivity index (χ3n) is 4.24. The zero-order valence-electron chi connectivity index (χ0n) is 15.3. The summed E-state index contributed by atoms with van der Waals surface area (Å²) in [6.07, 6.45) is 1.94. The van der Waals surface area contributed by atoms with Gasteiger partial charge < -0.3 is 4.74 Å². The van der Waals surface area contributed by atoms with Gasteiger partial charge in [-0.1, -0.05) is 35.9 Å². The average Bonchev–Trinajstić information content (AvgIpc) is 3.07. The third kappa shape index (κ3) is 3.44. The van der Waals surface area contributed by atoms with Crippen molar-refractivity contribution >= 4 is 17.2 Å². The SMILES string of the molecule is CCOc1ccccc1-c1nc2ccccn2c1N=Nc1ccc(C)cc1. The molecule has 2 aromatic heterocycles. The molecular formula is C22H20N4O. The molecule has 0 unspecified atom stereocenters. The summed E-state index contributed by atoms with van der Waals surface area (Å²) in [7, 11) is 0. The normalized spacial score (nSPS) is 11.3. The molecule has 0 fully saturated rings. The quantitative estimate of drug-likeness (QED) is 0.404. The van der Waals surface area contributed by atoms with Crippen LogP contribution in [0.15, 0.2) is 83.2 Å². The van der Waals surface area contributed by atoms with E-state index in [0.717, 1.165) is 28.3 Å². The maximum Gasteiger partial charge on any atom is 0.187 e. The van der Waals surface area contributed by atoms with E-state index in [9.17, 15) is 0 Å². The molecule has 0 radical (unpaired) electrons. The zero-order chi connectivity index (χ0) is 18.6. The first-order valence-corrected chi connectivity index (χ1v) is 8.94. The van der Waals surface area contributed by atoms with Crippen molar-refractivity contribution in [3.8, 4) is 17.0 Å². The molecule has 2 heterocycles. The molecule has 4 aromatic rings. The van der Waals surface area contributed by atoms with Crippen LogP contribution in [0.4, 0.5) is 11.5 Å². The molecule has 27 heavy (non-hydrogen) atoms. The molecule has 0 aliphatic heterocycles. The van der Waals surface area contributed by atoms with E-state index in [0.29, 0.717) is 12.4 Å². The number of nitrogens with zero attached hydrogens (tertiary/aromatic N) is 4. The summed E-state index contributed by atoms with van der Waals surface area (Å²) < 4.78 is 7.74. The van der Waals surface area contributed by atoms with Gasteiger partial charge in [0.05, 0.1) is 12.3 Å². The monoisotopic (exact) mass is 356 g/mol. The standard InChI is InChI=1S/C22H20N4O/c1-3-27-19-9-5-4-8-18(19)21-22(26-15-7-6-10-20(26)23-21)25-24-17-13-11-16(2)12-14-17/h4-15H,3H2,1-2H3. The lowest BCUT2D eigenvalue weighted by Gasteiger charge is -2.08.